The molecule has 1 atom stereocenters. The van der Waals surface area contributed by atoms with Crippen LogP contribution >= 0.6 is 0 Å². The molecule has 0 bridgehead atoms. The first kappa shape index (κ1) is 17.7. The first-order chi connectivity index (χ1) is 13.0. The maximum absolute atomic E-state index is 12.3. The molecule has 0 saturated carbocycles. The number of fused-ring (bicyclic) bond motifs is 1. The van der Waals surface area contributed by atoms with Crippen molar-refractivity contribution in [3.05, 3.63) is 48.5 Å². The van der Waals surface area contributed by atoms with E-state index in [0.29, 0.717) is 19.5 Å². The summed E-state index contributed by atoms with van der Waals surface area (Å²) in [6, 6.07) is 3.89. The molecule has 1 fully saturated rings. The zero-order valence-corrected chi connectivity index (χ0v) is 15.8. The van der Waals surface area contributed by atoms with Gasteiger partial charge in [0.25, 0.3) is 0 Å². The molecule has 1 unspecified atom stereocenters. The summed E-state index contributed by atoms with van der Waals surface area (Å²) in [5.74, 6) is 0.0738. The van der Waals surface area contributed by atoms with Gasteiger partial charge in [-0.1, -0.05) is 0 Å². The van der Waals surface area contributed by atoms with E-state index >= 15 is 0 Å². The zero-order chi connectivity index (χ0) is 19.1. The number of nitrogens with one attached hydrogen (secondary N) is 1. The molecule has 4 heterocycles. The minimum absolute atomic E-state index is 0.0738. The van der Waals surface area contributed by atoms with Crippen LogP contribution in [0.15, 0.2) is 37.1 Å². The second kappa shape index (κ2) is 6.48. The lowest BCUT2D eigenvalue weighted by Crippen LogP contribution is -2.40. The van der Waals surface area contributed by atoms with Gasteiger partial charge in [0.05, 0.1) is 11.4 Å². The molecule has 140 valence electrons. The standard InChI is InChI=1S/C18H20N6O2S/c1-3-27(25,26)24-9-6-18(12-24,11-19-2)23-8-5-14(10-23)16-15-4-7-20-17(15)22-13-21-16/h4-5,7-8,10,13H,3,6,9,11-12H2,1H3,(H,20,21,22). The van der Waals surface area contributed by atoms with Crippen molar-refractivity contribution in [1.82, 2.24) is 23.8 Å². The van der Waals surface area contributed by atoms with Crippen LogP contribution in [0.4, 0.5) is 0 Å². The molecule has 0 amide bonds. The monoisotopic (exact) mass is 384 g/mol. The summed E-state index contributed by atoms with van der Waals surface area (Å²) < 4.78 is 28.1. The predicted octanol–water partition coefficient (Wildman–Crippen LogP) is 2.10. The third-order valence-corrected chi connectivity index (χ3v) is 7.12. The van der Waals surface area contributed by atoms with Gasteiger partial charge in [0.1, 0.15) is 17.5 Å². The fraction of sp³-hybridized carbons (Fsp3) is 0.389. The fourth-order valence-electron chi connectivity index (χ4n) is 3.74. The van der Waals surface area contributed by atoms with Crippen molar-refractivity contribution in [3.8, 4) is 11.3 Å². The molecule has 4 rings (SSSR count). The molecule has 8 nitrogen and oxygen atoms in total. The zero-order valence-electron chi connectivity index (χ0n) is 15.0. The van der Waals surface area contributed by atoms with E-state index in [4.69, 9.17) is 6.57 Å². The van der Waals surface area contributed by atoms with Crippen LogP contribution in [0.1, 0.15) is 13.3 Å². The molecule has 3 aromatic rings. The highest BCUT2D eigenvalue weighted by atomic mass is 32.2. The van der Waals surface area contributed by atoms with Crippen molar-refractivity contribution in [2.24, 2.45) is 0 Å². The number of aromatic nitrogens is 4. The van der Waals surface area contributed by atoms with Gasteiger partial charge in [-0.3, -0.25) is 0 Å². The molecular weight excluding hydrogens is 364 g/mol. The molecule has 1 aliphatic heterocycles. The highest BCUT2D eigenvalue weighted by Gasteiger charge is 2.46. The second-order valence-corrected chi connectivity index (χ2v) is 9.05. The Morgan fingerprint density at radius 3 is 3.00 bits per heavy atom. The topological polar surface area (TPSA) is 88.2 Å². The van der Waals surface area contributed by atoms with Gasteiger partial charge in [0.2, 0.25) is 16.6 Å². The van der Waals surface area contributed by atoms with Crippen LogP contribution in [0.5, 0.6) is 0 Å². The van der Waals surface area contributed by atoms with Crippen LogP contribution in [0.3, 0.4) is 0 Å². The third-order valence-electron chi connectivity index (χ3n) is 5.30. The molecule has 1 saturated heterocycles. The SMILES string of the molecule is [C-]#[N+]CC1(n2ccc(-c3ncnc4[nH]ccc34)c2)CCN(S(=O)(=O)CC)C1. The molecule has 0 radical (unpaired) electrons. The number of hydrogen-bond acceptors (Lipinski definition) is 4. The van der Waals surface area contributed by atoms with E-state index in [2.05, 4.69) is 19.8 Å². The Morgan fingerprint density at radius 2 is 2.22 bits per heavy atom. The first-order valence-electron chi connectivity index (χ1n) is 8.77. The summed E-state index contributed by atoms with van der Waals surface area (Å²) in [7, 11) is -3.27. The average molecular weight is 384 g/mol. The Balaban J connectivity index is 1.72. The van der Waals surface area contributed by atoms with Crippen molar-refractivity contribution in [1.29, 1.82) is 0 Å². The van der Waals surface area contributed by atoms with Gasteiger partial charge in [-0.15, -0.1) is 0 Å². The van der Waals surface area contributed by atoms with Crippen molar-refractivity contribution in [2.75, 3.05) is 25.4 Å². The third kappa shape index (κ3) is 2.91. The van der Waals surface area contributed by atoms with Crippen LogP contribution in [0.2, 0.25) is 0 Å². The summed E-state index contributed by atoms with van der Waals surface area (Å²) in [5, 5.41) is 0.927. The van der Waals surface area contributed by atoms with E-state index in [1.807, 2.05) is 35.3 Å². The van der Waals surface area contributed by atoms with E-state index in [9.17, 15) is 8.42 Å². The van der Waals surface area contributed by atoms with Crippen molar-refractivity contribution in [2.45, 2.75) is 18.9 Å². The number of aromatic amines is 1. The lowest BCUT2D eigenvalue weighted by molar-refractivity contribution is 0.325. The normalized spacial score (nSPS) is 20.9. The number of nitrogens with zero attached hydrogens (tertiary/aromatic N) is 5. The van der Waals surface area contributed by atoms with Gasteiger partial charge in [-0.25, -0.2) is 25.0 Å². The van der Waals surface area contributed by atoms with Gasteiger partial charge < -0.3 is 14.4 Å². The van der Waals surface area contributed by atoms with E-state index in [0.717, 1.165) is 22.3 Å². The van der Waals surface area contributed by atoms with Crippen LogP contribution in [-0.4, -0.2) is 57.6 Å². The maximum Gasteiger partial charge on any atom is 0.239 e. The average Bonchev–Trinajstić information content (AvgIpc) is 3.40. The Kier molecular flexibility index (Phi) is 4.25. The van der Waals surface area contributed by atoms with Gasteiger partial charge >= 0.3 is 0 Å². The molecule has 0 aliphatic carbocycles. The summed E-state index contributed by atoms with van der Waals surface area (Å²) >= 11 is 0. The largest absolute Gasteiger partial charge is 0.346 e. The Bertz CT molecular complexity index is 1130. The van der Waals surface area contributed by atoms with Gasteiger partial charge in [-0.05, 0) is 25.5 Å². The van der Waals surface area contributed by atoms with Crippen LogP contribution in [0, 0.1) is 6.57 Å². The second-order valence-electron chi connectivity index (χ2n) is 6.79. The summed E-state index contributed by atoms with van der Waals surface area (Å²) in [5.41, 5.74) is 1.95. The lowest BCUT2D eigenvalue weighted by Gasteiger charge is -2.26. The highest BCUT2D eigenvalue weighted by Crippen LogP contribution is 2.34. The Labute approximate surface area is 157 Å². The van der Waals surface area contributed by atoms with Crippen LogP contribution in [-0.2, 0) is 15.6 Å². The van der Waals surface area contributed by atoms with E-state index in [1.54, 1.807) is 6.92 Å². The van der Waals surface area contributed by atoms with E-state index in [1.165, 1.54) is 10.6 Å². The summed E-state index contributed by atoms with van der Waals surface area (Å²) in [6.45, 7) is 10.0. The van der Waals surface area contributed by atoms with E-state index < -0.39 is 15.6 Å². The quantitative estimate of drug-likeness (QED) is 0.683. The summed E-state index contributed by atoms with van der Waals surface area (Å²) in [6.07, 6.45) is 7.84. The number of rotatable bonds is 5. The lowest BCUT2D eigenvalue weighted by atomic mass is 9.98. The molecule has 1 N–H and O–H groups in total. The molecule has 27 heavy (non-hydrogen) atoms. The molecule has 3 aromatic heterocycles. The number of sulfonamides is 1. The smallest absolute Gasteiger partial charge is 0.239 e. The minimum atomic E-state index is -3.27. The minimum Gasteiger partial charge on any atom is -0.346 e. The fourth-order valence-corrected chi connectivity index (χ4v) is 4.91. The molecule has 1 aliphatic rings. The maximum atomic E-state index is 12.3. The van der Waals surface area contributed by atoms with Gasteiger partial charge in [0, 0.05) is 42.6 Å². The Hall–Kier alpha value is -2.70. The first-order valence-corrected chi connectivity index (χ1v) is 10.4. The predicted molar refractivity (Wildman–Crippen MR) is 102 cm³/mol. The Morgan fingerprint density at radius 1 is 1.37 bits per heavy atom. The van der Waals surface area contributed by atoms with Crippen molar-refractivity contribution >= 4 is 21.1 Å². The van der Waals surface area contributed by atoms with Gasteiger partial charge in [-0.2, -0.15) is 4.31 Å². The van der Waals surface area contributed by atoms with Crippen LogP contribution < -0.4 is 0 Å². The highest BCUT2D eigenvalue weighted by molar-refractivity contribution is 7.89. The molecule has 0 spiro atoms. The number of H-pyrrole nitrogens is 1. The summed E-state index contributed by atoms with van der Waals surface area (Å²) in [4.78, 5) is 15.3. The molecule has 9 heteroatoms. The molecule has 0 aromatic carbocycles. The van der Waals surface area contributed by atoms with Gasteiger partial charge in [0.15, 0.2) is 0 Å². The van der Waals surface area contributed by atoms with E-state index in [-0.39, 0.29) is 12.3 Å². The van der Waals surface area contributed by atoms with Crippen molar-refractivity contribution < 1.29 is 8.42 Å². The number of hydrogen-bond donors (Lipinski definition) is 1. The van der Waals surface area contributed by atoms with Crippen molar-refractivity contribution in [3.63, 3.8) is 0 Å². The van der Waals surface area contributed by atoms with Crippen LogP contribution in [0.25, 0.3) is 27.1 Å². The molecular formula is C18H20N6O2S.